The molecule has 3 heteroatoms. The standard InChI is InChI=1S/C6H9NS.C3H9N/c1-5(2)6-7-3-4-8-6;1-3-4-2/h3-5H,1-2H3;4H,3H2,1-2H3. The number of aromatic nitrogens is 1. The van der Waals surface area contributed by atoms with E-state index in [0.29, 0.717) is 5.92 Å². The molecule has 0 saturated carbocycles. The number of hydrogen-bond acceptors (Lipinski definition) is 3. The van der Waals surface area contributed by atoms with Crippen LogP contribution >= 0.6 is 11.3 Å². The molecule has 0 unspecified atom stereocenters. The molecule has 12 heavy (non-hydrogen) atoms. The summed E-state index contributed by atoms with van der Waals surface area (Å²) in [6, 6.07) is 0. The second-order valence-electron chi connectivity index (χ2n) is 2.73. The third-order valence-electron chi connectivity index (χ3n) is 1.30. The van der Waals surface area contributed by atoms with Gasteiger partial charge in [0.05, 0.1) is 5.01 Å². The minimum absolute atomic E-state index is 0.593. The van der Waals surface area contributed by atoms with E-state index < -0.39 is 0 Å². The summed E-state index contributed by atoms with van der Waals surface area (Å²) in [5.74, 6) is 0.593. The van der Waals surface area contributed by atoms with Crippen LogP contribution in [0.5, 0.6) is 0 Å². The van der Waals surface area contributed by atoms with Crippen LogP contribution in [0.25, 0.3) is 0 Å². The maximum Gasteiger partial charge on any atom is 0.0950 e. The van der Waals surface area contributed by atoms with Crippen molar-refractivity contribution >= 4 is 11.3 Å². The van der Waals surface area contributed by atoms with Gasteiger partial charge in [0.15, 0.2) is 0 Å². The Morgan fingerprint density at radius 3 is 2.33 bits per heavy atom. The van der Waals surface area contributed by atoms with E-state index in [1.165, 1.54) is 5.01 Å². The van der Waals surface area contributed by atoms with Crippen molar-refractivity contribution in [2.45, 2.75) is 26.7 Å². The Balaban J connectivity index is 0.000000261. The number of nitrogens with zero attached hydrogens (tertiary/aromatic N) is 1. The topological polar surface area (TPSA) is 24.9 Å². The van der Waals surface area contributed by atoms with E-state index >= 15 is 0 Å². The highest BCUT2D eigenvalue weighted by Crippen LogP contribution is 2.15. The summed E-state index contributed by atoms with van der Waals surface area (Å²) in [4.78, 5) is 4.13. The van der Waals surface area contributed by atoms with Crippen LogP contribution in [0.1, 0.15) is 31.7 Å². The maximum absolute atomic E-state index is 4.13. The highest BCUT2D eigenvalue weighted by molar-refractivity contribution is 7.09. The molecule has 1 aromatic heterocycles. The highest BCUT2D eigenvalue weighted by Gasteiger charge is 1.97. The first kappa shape index (κ1) is 11.6. The Kier molecular flexibility index (Phi) is 7.00. The maximum atomic E-state index is 4.13. The monoisotopic (exact) mass is 186 g/mol. The van der Waals surface area contributed by atoms with E-state index in [0.717, 1.165) is 6.54 Å². The molecule has 0 spiro atoms. The van der Waals surface area contributed by atoms with Crippen molar-refractivity contribution in [1.29, 1.82) is 0 Å². The molecule has 0 radical (unpaired) electrons. The van der Waals surface area contributed by atoms with Crippen molar-refractivity contribution < 1.29 is 0 Å². The normalized spacial score (nSPS) is 9.42. The first-order valence-electron chi connectivity index (χ1n) is 4.26. The van der Waals surface area contributed by atoms with Gasteiger partial charge >= 0.3 is 0 Å². The second-order valence-corrected chi connectivity index (χ2v) is 3.66. The molecule has 1 rings (SSSR count). The molecule has 0 aliphatic rings. The lowest BCUT2D eigenvalue weighted by Crippen LogP contribution is -2.01. The van der Waals surface area contributed by atoms with E-state index in [9.17, 15) is 0 Å². The zero-order valence-corrected chi connectivity index (χ0v) is 9.11. The second kappa shape index (κ2) is 7.25. The van der Waals surface area contributed by atoms with Crippen molar-refractivity contribution in [3.63, 3.8) is 0 Å². The molecule has 0 fully saturated rings. The van der Waals surface area contributed by atoms with Gasteiger partial charge in [0.25, 0.3) is 0 Å². The van der Waals surface area contributed by atoms with Gasteiger partial charge in [-0.15, -0.1) is 11.3 Å². The zero-order chi connectivity index (χ0) is 9.40. The fourth-order valence-corrected chi connectivity index (χ4v) is 1.17. The van der Waals surface area contributed by atoms with Gasteiger partial charge in [0.1, 0.15) is 0 Å². The lowest BCUT2D eigenvalue weighted by Gasteiger charge is -1.93. The van der Waals surface area contributed by atoms with Crippen LogP contribution in [0.4, 0.5) is 0 Å². The summed E-state index contributed by atoms with van der Waals surface area (Å²) in [7, 11) is 1.93. The summed E-state index contributed by atoms with van der Waals surface area (Å²) in [5, 5.41) is 6.17. The molecule has 1 heterocycles. The van der Waals surface area contributed by atoms with Crippen LogP contribution in [0.15, 0.2) is 11.6 Å². The predicted molar refractivity (Wildman–Crippen MR) is 55.8 cm³/mol. The number of hydrogen-bond donors (Lipinski definition) is 1. The van der Waals surface area contributed by atoms with Crippen molar-refractivity contribution in [3.8, 4) is 0 Å². The molecule has 1 aromatic rings. The average Bonchev–Trinajstić information content (AvgIpc) is 2.57. The minimum atomic E-state index is 0.593. The fourth-order valence-electron chi connectivity index (χ4n) is 0.520. The van der Waals surface area contributed by atoms with Crippen LogP contribution in [0.3, 0.4) is 0 Å². The molecule has 0 aliphatic heterocycles. The van der Waals surface area contributed by atoms with E-state index in [4.69, 9.17) is 0 Å². The SMILES string of the molecule is CC(C)c1nccs1.CCNC. The van der Waals surface area contributed by atoms with Crippen LogP contribution in [-0.2, 0) is 0 Å². The summed E-state index contributed by atoms with van der Waals surface area (Å²) in [6.45, 7) is 7.44. The molecule has 0 bridgehead atoms. The van der Waals surface area contributed by atoms with Gasteiger partial charge in [0, 0.05) is 17.5 Å². The Morgan fingerprint density at radius 1 is 1.58 bits per heavy atom. The summed E-state index contributed by atoms with van der Waals surface area (Å²) in [5.41, 5.74) is 0. The van der Waals surface area contributed by atoms with Crippen molar-refractivity contribution in [2.75, 3.05) is 13.6 Å². The quantitative estimate of drug-likeness (QED) is 0.767. The molecular formula is C9H18N2S. The molecule has 1 N–H and O–H groups in total. The van der Waals surface area contributed by atoms with E-state index in [2.05, 4.69) is 31.1 Å². The molecule has 2 nitrogen and oxygen atoms in total. The predicted octanol–water partition coefficient (Wildman–Crippen LogP) is 2.49. The van der Waals surface area contributed by atoms with E-state index in [-0.39, 0.29) is 0 Å². The van der Waals surface area contributed by atoms with Gasteiger partial charge in [-0.3, -0.25) is 0 Å². The largest absolute Gasteiger partial charge is 0.320 e. The lowest BCUT2D eigenvalue weighted by molar-refractivity contribution is 0.852. The summed E-state index contributed by atoms with van der Waals surface area (Å²) < 4.78 is 0. The van der Waals surface area contributed by atoms with Gasteiger partial charge in [-0.05, 0) is 13.6 Å². The minimum Gasteiger partial charge on any atom is -0.320 e. The molecule has 0 aliphatic carbocycles. The molecular weight excluding hydrogens is 168 g/mol. The molecule has 0 aromatic carbocycles. The average molecular weight is 186 g/mol. The number of thiazole rings is 1. The van der Waals surface area contributed by atoms with Gasteiger partial charge in [0.2, 0.25) is 0 Å². The van der Waals surface area contributed by atoms with E-state index in [1.807, 2.05) is 18.6 Å². The molecule has 0 saturated heterocycles. The van der Waals surface area contributed by atoms with Crippen molar-refractivity contribution in [3.05, 3.63) is 16.6 Å². The smallest absolute Gasteiger partial charge is 0.0950 e. The highest BCUT2D eigenvalue weighted by atomic mass is 32.1. The Bertz CT molecular complexity index is 169. The summed E-state index contributed by atoms with van der Waals surface area (Å²) >= 11 is 1.72. The van der Waals surface area contributed by atoms with Crippen LogP contribution in [0.2, 0.25) is 0 Å². The molecule has 0 atom stereocenters. The summed E-state index contributed by atoms with van der Waals surface area (Å²) in [6.07, 6.45) is 1.85. The van der Waals surface area contributed by atoms with Crippen LogP contribution in [-0.4, -0.2) is 18.6 Å². The van der Waals surface area contributed by atoms with Crippen LogP contribution < -0.4 is 5.32 Å². The van der Waals surface area contributed by atoms with Gasteiger partial charge < -0.3 is 5.32 Å². The third-order valence-corrected chi connectivity index (χ3v) is 2.37. The Labute approximate surface area is 79.0 Å². The number of nitrogens with one attached hydrogen (secondary N) is 1. The van der Waals surface area contributed by atoms with E-state index in [1.54, 1.807) is 11.3 Å². The number of rotatable bonds is 2. The molecule has 70 valence electrons. The van der Waals surface area contributed by atoms with Crippen LogP contribution in [0, 0.1) is 0 Å². The fraction of sp³-hybridized carbons (Fsp3) is 0.667. The lowest BCUT2D eigenvalue weighted by atomic mass is 10.2. The Morgan fingerprint density at radius 2 is 2.17 bits per heavy atom. The van der Waals surface area contributed by atoms with Crippen molar-refractivity contribution in [2.24, 2.45) is 0 Å². The first-order valence-corrected chi connectivity index (χ1v) is 5.14. The zero-order valence-electron chi connectivity index (χ0n) is 8.29. The van der Waals surface area contributed by atoms with Gasteiger partial charge in [-0.25, -0.2) is 4.98 Å². The third kappa shape index (κ3) is 5.27. The first-order chi connectivity index (χ1) is 5.72. The van der Waals surface area contributed by atoms with Gasteiger partial charge in [-0.2, -0.15) is 0 Å². The Hall–Kier alpha value is -0.410. The molecule has 0 amide bonds. The van der Waals surface area contributed by atoms with Crippen molar-refractivity contribution in [1.82, 2.24) is 10.3 Å². The van der Waals surface area contributed by atoms with Gasteiger partial charge in [-0.1, -0.05) is 20.8 Å².